The number of halogens is 1. The molecule has 4 atom stereocenters. The van der Waals surface area contributed by atoms with Gasteiger partial charge in [0, 0.05) is 20.1 Å². The van der Waals surface area contributed by atoms with E-state index >= 15 is 0 Å². The first-order valence-corrected chi connectivity index (χ1v) is 5.89. The Kier molecular flexibility index (Phi) is 3.82. The standard InChI is InChI=1S/C11H17FN2O4/c1-17-9-7(12)5-8(13-9)14-4-3-6(10(14)15)11(16)18-2/h6-9,13H,3-5H2,1-2H3/t6?,7-,8?,9?/m1/s1. The van der Waals surface area contributed by atoms with Crippen molar-refractivity contribution in [3.05, 3.63) is 0 Å². The first-order valence-electron chi connectivity index (χ1n) is 5.89. The van der Waals surface area contributed by atoms with Gasteiger partial charge in [-0.3, -0.25) is 14.9 Å². The van der Waals surface area contributed by atoms with Crippen molar-refractivity contribution in [2.24, 2.45) is 5.92 Å². The summed E-state index contributed by atoms with van der Waals surface area (Å²) in [6.07, 6.45) is -1.66. The third-order valence-electron chi connectivity index (χ3n) is 3.49. The summed E-state index contributed by atoms with van der Waals surface area (Å²) in [7, 11) is 2.67. The van der Waals surface area contributed by atoms with Gasteiger partial charge in [-0.05, 0) is 6.42 Å². The highest BCUT2D eigenvalue weighted by atomic mass is 19.1. The average molecular weight is 260 g/mol. The highest BCUT2D eigenvalue weighted by Crippen LogP contribution is 2.27. The molecular weight excluding hydrogens is 243 g/mol. The lowest BCUT2D eigenvalue weighted by molar-refractivity contribution is -0.151. The Hall–Kier alpha value is -1.21. The van der Waals surface area contributed by atoms with Crippen molar-refractivity contribution >= 4 is 11.9 Å². The molecule has 7 heteroatoms. The zero-order valence-corrected chi connectivity index (χ0v) is 10.4. The minimum absolute atomic E-state index is 0.179. The summed E-state index contributed by atoms with van der Waals surface area (Å²) in [4.78, 5) is 24.9. The molecule has 0 aromatic heterocycles. The molecule has 2 fully saturated rings. The third kappa shape index (κ3) is 2.20. The molecule has 102 valence electrons. The third-order valence-corrected chi connectivity index (χ3v) is 3.49. The number of hydrogen-bond donors (Lipinski definition) is 1. The maximum absolute atomic E-state index is 13.5. The van der Waals surface area contributed by atoms with Gasteiger partial charge in [-0.2, -0.15) is 0 Å². The predicted molar refractivity (Wildman–Crippen MR) is 59.1 cm³/mol. The van der Waals surface area contributed by atoms with Crippen LogP contribution in [0.3, 0.4) is 0 Å². The first-order chi connectivity index (χ1) is 8.58. The highest BCUT2D eigenvalue weighted by molar-refractivity contribution is 5.99. The van der Waals surface area contributed by atoms with Gasteiger partial charge in [0.05, 0.1) is 13.3 Å². The Morgan fingerprint density at radius 1 is 1.50 bits per heavy atom. The van der Waals surface area contributed by atoms with Gasteiger partial charge in [0.15, 0.2) is 0 Å². The molecule has 0 spiro atoms. The predicted octanol–water partition coefficient (Wildman–Crippen LogP) is -0.362. The second kappa shape index (κ2) is 5.19. The first kappa shape index (κ1) is 13.2. The topological polar surface area (TPSA) is 67.9 Å². The van der Waals surface area contributed by atoms with Gasteiger partial charge < -0.3 is 14.4 Å². The fraction of sp³-hybridized carbons (Fsp3) is 0.818. The minimum atomic E-state index is -1.15. The van der Waals surface area contributed by atoms with Crippen LogP contribution in [0.25, 0.3) is 0 Å². The van der Waals surface area contributed by atoms with Crippen LogP contribution in [0.2, 0.25) is 0 Å². The highest BCUT2D eigenvalue weighted by Gasteiger charge is 2.45. The number of nitrogens with zero attached hydrogens (tertiary/aromatic N) is 1. The molecule has 2 rings (SSSR count). The molecule has 0 aromatic rings. The fourth-order valence-electron chi connectivity index (χ4n) is 2.50. The molecule has 2 heterocycles. The van der Waals surface area contributed by atoms with E-state index in [9.17, 15) is 14.0 Å². The molecule has 1 amide bonds. The Morgan fingerprint density at radius 2 is 2.22 bits per heavy atom. The van der Waals surface area contributed by atoms with Crippen LogP contribution in [0.5, 0.6) is 0 Å². The lowest BCUT2D eigenvalue weighted by Gasteiger charge is -2.24. The van der Waals surface area contributed by atoms with Gasteiger partial charge in [-0.1, -0.05) is 0 Å². The van der Waals surface area contributed by atoms with E-state index in [0.717, 1.165) is 0 Å². The smallest absolute Gasteiger partial charge is 0.318 e. The van der Waals surface area contributed by atoms with Crippen LogP contribution >= 0.6 is 0 Å². The number of rotatable bonds is 3. The number of esters is 1. The molecule has 3 unspecified atom stereocenters. The van der Waals surface area contributed by atoms with Crippen LogP contribution in [0.1, 0.15) is 12.8 Å². The monoisotopic (exact) mass is 260 g/mol. The lowest BCUT2D eigenvalue weighted by atomic mass is 10.1. The van der Waals surface area contributed by atoms with Crippen molar-refractivity contribution in [2.75, 3.05) is 20.8 Å². The van der Waals surface area contributed by atoms with Gasteiger partial charge in [0.1, 0.15) is 18.3 Å². The summed E-state index contributed by atoms with van der Waals surface area (Å²) in [5.41, 5.74) is 0. The Bertz CT molecular complexity index is 352. The number of hydrogen-bond acceptors (Lipinski definition) is 5. The zero-order chi connectivity index (χ0) is 13.3. The summed E-state index contributed by atoms with van der Waals surface area (Å²) in [5.74, 6) is -1.58. The molecule has 2 aliphatic heterocycles. The number of carbonyl (C=O) groups is 2. The van der Waals surface area contributed by atoms with Gasteiger partial charge >= 0.3 is 5.97 Å². The van der Waals surface area contributed by atoms with Crippen LogP contribution in [0.15, 0.2) is 0 Å². The van der Waals surface area contributed by atoms with Gasteiger partial charge in [-0.25, -0.2) is 4.39 Å². The molecular formula is C11H17FN2O4. The molecule has 18 heavy (non-hydrogen) atoms. The molecule has 1 N–H and O–H groups in total. The van der Waals surface area contributed by atoms with E-state index in [0.29, 0.717) is 13.0 Å². The van der Waals surface area contributed by atoms with Gasteiger partial charge in [0.25, 0.3) is 0 Å². The summed E-state index contributed by atoms with van der Waals surface area (Å²) < 4.78 is 23.0. The fourth-order valence-corrected chi connectivity index (χ4v) is 2.50. The molecule has 2 aliphatic rings. The maximum Gasteiger partial charge on any atom is 0.318 e. The number of amides is 1. The Labute approximate surface area is 104 Å². The van der Waals surface area contributed by atoms with Crippen molar-refractivity contribution < 1.29 is 23.5 Å². The molecule has 0 radical (unpaired) electrons. The second-order valence-electron chi connectivity index (χ2n) is 4.49. The molecule has 0 aliphatic carbocycles. The van der Waals surface area contributed by atoms with E-state index in [1.807, 2.05) is 0 Å². The number of carbonyl (C=O) groups excluding carboxylic acids is 2. The normalized spacial score (nSPS) is 36.2. The molecule has 0 saturated carbocycles. The second-order valence-corrected chi connectivity index (χ2v) is 4.49. The van der Waals surface area contributed by atoms with E-state index in [2.05, 4.69) is 10.1 Å². The van der Waals surface area contributed by atoms with Gasteiger partial charge in [0.2, 0.25) is 5.91 Å². The molecule has 6 nitrogen and oxygen atoms in total. The Balaban J connectivity index is 2.00. The quantitative estimate of drug-likeness (QED) is 0.554. The van der Waals surface area contributed by atoms with Crippen LogP contribution in [-0.2, 0) is 19.1 Å². The largest absolute Gasteiger partial charge is 0.468 e. The van der Waals surface area contributed by atoms with Crippen LogP contribution in [-0.4, -0.2) is 56.1 Å². The van der Waals surface area contributed by atoms with E-state index in [1.54, 1.807) is 0 Å². The van der Waals surface area contributed by atoms with E-state index in [4.69, 9.17) is 4.74 Å². The van der Waals surface area contributed by atoms with E-state index < -0.39 is 30.5 Å². The number of ether oxygens (including phenoxy) is 2. The molecule has 0 bridgehead atoms. The molecule has 2 saturated heterocycles. The van der Waals surface area contributed by atoms with Crippen molar-refractivity contribution in [3.63, 3.8) is 0 Å². The number of methoxy groups -OCH3 is 2. The maximum atomic E-state index is 13.5. The summed E-state index contributed by atoms with van der Waals surface area (Å²) in [6.45, 7) is 0.430. The number of likely N-dealkylation sites (tertiary alicyclic amines) is 1. The summed E-state index contributed by atoms with van der Waals surface area (Å²) >= 11 is 0. The van der Waals surface area contributed by atoms with Crippen molar-refractivity contribution in [3.8, 4) is 0 Å². The van der Waals surface area contributed by atoms with Crippen LogP contribution in [0.4, 0.5) is 4.39 Å². The van der Waals surface area contributed by atoms with E-state index in [-0.39, 0.29) is 12.3 Å². The van der Waals surface area contributed by atoms with Crippen LogP contribution < -0.4 is 5.32 Å². The molecule has 0 aromatic carbocycles. The van der Waals surface area contributed by atoms with Crippen molar-refractivity contribution in [1.82, 2.24) is 10.2 Å². The van der Waals surface area contributed by atoms with Crippen molar-refractivity contribution in [1.29, 1.82) is 0 Å². The number of nitrogens with one attached hydrogen (secondary N) is 1. The lowest BCUT2D eigenvalue weighted by Crippen LogP contribution is -2.46. The van der Waals surface area contributed by atoms with E-state index in [1.165, 1.54) is 19.1 Å². The van der Waals surface area contributed by atoms with Crippen LogP contribution in [0, 0.1) is 5.92 Å². The van der Waals surface area contributed by atoms with Crippen molar-refractivity contribution in [2.45, 2.75) is 31.4 Å². The Morgan fingerprint density at radius 3 is 2.78 bits per heavy atom. The average Bonchev–Trinajstić information content (AvgIpc) is 2.91. The summed E-state index contributed by atoms with van der Waals surface area (Å²) in [5, 5.41) is 2.90. The summed E-state index contributed by atoms with van der Waals surface area (Å²) in [6, 6.07) is 0. The minimum Gasteiger partial charge on any atom is -0.468 e. The number of alkyl halides is 1. The zero-order valence-electron chi connectivity index (χ0n) is 10.4. The van der Waals surface area contributed by atoms with Gasteiger partial charge in [-0.15, -0.1) is 0 Å². The SMILES string of the molecule is COC(=O)C1CCN(C2C[C@@H](F)C(OC)N2)C1=O.